The number of benzene rings is 2. The Labute approximate surface area is 183 Å². The number of ketones is 1. The van der Waals surface area contributed by atoms with Gasteiger partial charge >= 0.3 is 0 Å². The quantitative estimate of drug-likeness (QED) is 0.379. The first-order valence-electron chi connectivity index (χ1n) is 9.24. The molecule has 1 aliphatic heterocycles. The number of likely N-dealkylation sites (tertiary alicyclic amines) is 1. The SMILES string of the molecule is CN(C)CCCN1C(=O)C(=O)/C(=C(/O)c2ccc(Cl)cc2)C1c1cccc(Br)c1. The Bertz CT molecular complexity index is 957. The van der Waals surface area contributed by atoms with Crippen LogP contribution in [-0.2, 0) is 9.59 Å². The van der Waals surface area contributed by atoms with E-state index in [1.54, 1.807) is 29.2 Å². The monoisotopic (exact) mass is 476 g/mol. The Morgan fingerprint density at radius 2 is 1.86 bits per heavy atom. The summed E-state index contributed by atoms with van der Waals surface area (Å²) in [5.41, 5.74) is 1.31. The minimum absolute atomic E-state index is 0.0975. The predicted octanol–water partition coefficient (Wildman–Crippen LogP) is 4.48. The summed E-state index contributed by atoms with van der Waals surface area (Å²) < 4.78 is 0.834. The second-order valence-corrected chi connectivity index (χ2v) is 8.56. The molecule has 1 heterocycles. The number of carbonyl (C=O) groups excluding carboxylic acids is 2. The number of carbonyl (C=O) groups is 2. The predicted molar refractivity (Wildman–Crippen MR) is 118 cm³/mol. The van der Waals surface area contributed by atoms with Gasteiger partial charge in [0, 0.05) is 21.6 Å². The van der Waals surface area contributed by atoms with Crippen molar-refractivity contribution in [3.8, 4) is 0 Å². The van der Waals surface area contributed by atoms with E-state index in [1.807, 2.05) is 43.3 Å². The third-order valence-electron chi connectivity index (χ3n) is 4.83. The maximum Gasteiger partial charge on any atom is 0.295 e. The Morgan fingerprint density at radius 3 is 2.48 bits per heavy atom. The van der Waals surface area contributed by atoms with Crippen LogP contribution in [0.1, 0.15) is 23.6 Å². The molecule has 2 aromatic rings. The zero-order chi connectivity index (χ0) is 21.1. The number of hydrogen-bond donors (Lipinski definition) is 1. The van der Waals surface area contributed by atoms with Gasteiger partial charge in [-0.2, -0.15) is 0 Å². The number of Topliss-reactive ketones (excluding diaryl/α,β-unsaturated/α-hetero) is 1. The highest BCUT2D eigenvalue weighted by molar-refractivity contribution is 9.10. The summed E-state index contributed by atoms with van der Waals surface area (Å²) in [6, 6.07) is 13.3. The molecule has 1 N–H and O–H groups in total. The second kappa shape index (κ2) is 9.11. The third kappa shape index (κ3) is 4.71. The molecule has 1 saturated heterocycles. The standard InChI is InChI=1S/C22H22BrClN2O3/c1-25(2)11-4-12-26-19(15-5-3-6-16(23)13-15)18(21(28)22(26)29)20(27)14-7-9-17(24)10-8-14/h3,5-10,13,19,27H,4,11-12H2,1-2H3/b20-18+. The van der Waals surface area contributed by atoms with Gasteiger partial charge in [-0.25, -0.2) is 0 Å². The Morgan fingerprint density at radius 1 is 1.17 bits per heavy atom. The van der Waals surface area contributed by atoms with E-state index in [4.69, 9.17) is 11.6 Å². The van der Waals surface area contributed by atoms with Crippen molar-refractivity contribution in [1.29, 1.82) is 0 Å². The molecule has 3 rings (SSSR count). The molecule has 1 fully saturated rings. The van der Waals surface area contributed by atoms with Gasteiger partial charge in [-0.15, -0.1) is 0 Å². The normalized spacial score (nSPS) is 18.7. The average molecular weight is 478 g/mol. The Hall–Kier alpha value is -2.15. The average Bonchev–Trinajstić information content (AvgIpc) is 2.93. The van der Waals surface area contributed by atoms with Crippen molar-refractivity contribution in [3.63, 3.8) is 0 Å². The maximum atomic E-state index is 12.9. The van der Waals surface area contributed by atoms with Gasteiger partial charge in [-0.3, -0.25) is 9.59 Å². The van der Waals surface area contributed by atoms with Crippen molar-refractivity contribution in [2.24, 2.45) is 0 Å². The van der Waals surface area contributed by atoms with Gasteiger partial charge in [0.2, 0.25) is 0 Å². The summed E-state index contributed by atoms with van der Waals surface area (Å²) >= 11 is 9.39. The number of aliphatic hydroxyl groups excluding tert-OH is 1. The number of hydrogen-bond acceptors (Lipinski definition) is 4. The van der Waals surface area contributed by atoms with Crippen molar-refractivity contribution >= 4 is 45.0 Å². The van der Waals surface area contributed by atoms with Gasteiger partial charge in [0.15, 0.2) is 0 Å². The summed E-state index contributed by atoms with van der Waals surface area (Å²) in [5, 5.41) is 11.5. The van der Waals surface area contributed by atoms with Crippen LogP contribution in [0.2, 0.25) is 5.02 Å². The van der Waals surface area contributed by atoms with E-state index in [2.05, 4.69) is 15.9 Å². The van der Waals surface area contributed by atoms with Crippen LogP contribution in [-0.4, -0.2) is 53.8 Å². The zero-order valence-electron chi connectivity index (χ0n) is 16.2. The van der Waals surface area contributed by atoms with E-state index in [9.17, 15) is 14.7 Å². The first-order chi connectivity index (χ1) is 13.8. The van der Waals surface area contributed by atoms with Crippen LogP contribution in [0.15, 0.2) is 58.6 Å². The van der Waals surface area contributed by atoms with Crippen molar-refractivity contribution in [1.82, 2.24) is 9.80 Å². The van der Waals surface area contributed by atoms with Crippen LogP contribution in [0.25, 0.3) is 5.76 Å². The smallest absolute Gasteiger partial charge is 0.295 e. The lowest BCUT2D eigenvalue weighted by atomic mass is 9.95. The molecule has 0 saturated carbocycles. The van der Waals surface area contributed by atoms with Crippen LogP contribution in [0.5, 0.6) is 0 Å². The first kappa shape index (κ1) is 21.6. The highest BCUT2D eigenvalue weighted by atomic mass is 79.9. The highest BCUT2D eigenvalue weighted by Gasteiger charge is 2.45. The largest absolute Gasteiger partial charge is 0.507 e. The first-order valence-corrected chi connectivity index (χ1v) is 10.4. The maximum absolute atomic E-state index is 12.9. The lowest BCUT2D eigenvalue weighted by molar-refractivity contribution is -0.139. The molecular formula is C22H22BrClN2O3. The van der Waals surface area contributed by atoms with E-state index < -0.39 is 17.7 Å². The number of amides is 1. The third-order valence-corrected chi connectivity index (χ3v) is 5.57. The minimum Gasteiger partial charge on any atom is -0.507 e. The van der Waals surface area contributed by atoms with E-state index in [1.165, 1.54) is 0 Å². The lowest BCUT2D eigenvalue weighted by Gasteiger charge is -2.26. The Balaban J connectivity index is 2.09. The zero-order valence-corrected chi connectivity index (χ0v) is 18.6. The molecule has 2 aromatic carbocycles. The van der Waals surface area contributed by atoms with E-state index in [0.29, 0.717) is 23.6 Å². The number of nitrogens with zero attached hydrogens (tertiary/aromatic N) is 2. The van der Waals surface area contributed by atoms with Gasteiger partial charge < -0.3 is 14.9 Å². The molecule has 0 aromatic heterocycles. The fourth-order valence-corrected chi connectivity index (χ4v) is 4.00. The van der Waals surface area contributed by atoms with Crippen LogP contribution in [0, 0.1) is 0 Å². The van der Waals surface area contributed by atoms with Gasteiger partial charge in [-0.1, -0.05) is 39.7 Å². The topological polar surface area (TPSA) is 60.9 Å². The molecule has 0 spiro atoms. The summed E-state index contributed by atoms with van der Waals surface area (Å²) in [6.45, 7) is 1.20. The van der Waals surface area contributed by atoms with Gasteiger partial charge in [0.1, 0.15) is 5.76 Å². The molecule has 29 heavy (non-hydrogen) atoms. The minimum atomic E-state index is -0.674. The number of rotatable bonds is 6. The molecule has 7 heteroatoms. The van der Waals surface area contributed by atoms with Crippen LogP contribution >= 0.6 is 27.5 Å². The summed E-state index contributed by atoms with van der Waals surface area (Å²) in [7, 11) is 3.92. The van der Waals surface area contributed by atoms with E-state index >= 15 is 0 Å². The molecule has 152 valence electrons. The number of halogens is 2. The number of aliphatic hydroxyl groups is 1. The molecule has 0 radical (unpaired) electrons. The summed E-state index contributed by atoms with van der Waals surface area (Å²) in [6.07, 6.45) is 0.714. The molecule has 1 unspecified atom stereocenters. The van der Waals surface area contributed by atoms with Crippen molar-refractivity contribution in [2.75, 3.05) is 27.2 Å². The van der Waals surface area contributed by atoms with Gasteiger partial charge in [0.25, 0.3) is 11.7 Å². The van der Waals surface area contributed by atoms with Crippen LogP contribution in [0.3, 0.4) is 0 Å². The molecular weight excluding hydrogens is 456 g/mol. The van der Waals surface area contributed by atoms with E-state index in [0.717, 1.165) is 16.6 Å². The second-order valence-electron chi connectivity index (χ2n) is 7.21. The van der Waals surface area contributed by atoms with Gasteiger partial charge in [-0.05, 0) is 69.0 Å². The molecule has 1 atom stereocenters. The fraction of sp³-hybridized carbons (Fsp3) is 0.273. The summed E-state index contributed by atoms with van der Waals surface area (Å²) in [4.78, 5) is 29.3. The molecule has 5 nitrogen and oxygen atoms in total. The molecule has 0 bridgehead atoms. The van der Waals surface area contributed by atoms with Gasteiger partial charge in [0.05, 0.1) is 11.6 Å². The van der Waals surface area contributed by atoms with Crippen molar-refractivity contribution in [2.45, 2.75) is 12.5 Å². The lowest BCUT2D eigenvalue weighted by Crippen LogP contribution is -2.32. The van der Waals surface area contributed by atoms with Crippen LogP contribution < -0.4 is 0 Å². The van der Waals surface area contributed by atoms with E-state index in [-0.39, 0.29) is 11.3 Å². The van der Waals surface area contributed by atoms with Crippen molar-refractivity contribution < 1.29 is 14.7 Å². The highest BCUT2D eigenvalue weighted by Crippen LogP contribution is 2.40. The van der Waals surface area contributed by atoms with Crippen molar-refractivity contribution in [3.05, 3.63) is 74.7 Å². The summed E-state index contributed by atoms with van der Waals surface area (Å²) in [5.74, 6) is -1.46. The molecule has 1 aliphatic rings. The fourth-order valence-electron chi connectivity index (χ4n) is 3.45. The molecule has 0 aliphatic carbocycles. The molecule has 1 amide bonds. The Kier molecular flexibility index (Phi) is 6.77. The van der Waals surface area contributed by atoms with Crippen LogP contribution in [0.4, 0.5) is 0 Å².